The molecule has 1 aromatic carbocycles. The number of ether oxygens (including phenoxy) is 1. The lowest BCUT2D eigenvalue weighted by Crippen LogP contribution is -2.11. The smallest absolute Gasteiger partial charge is 0.361 e. The van der Waals surface area contributed by atoms with Gasteiger partial charge in [-0.25, -0.2) is 9.78 Å². The van der Waals surface area contributed by atoms with Crippen LogP contribution in [-0.4, -0.2) is 21.1 Å². The number of aromatic nitrogens is 3. The molecule has 0 bridgehead atoms. The van der Waals surface area contributed by atoms with Crippen LogP contribution >= 0.6 is 0 Å². The van der Waals surface area contributed by atoms with E-state index in [9.17, 15) is 4.79 Å². The number of oxazole rings is 1. The first-order valence-electron chi connectivity index (χ1n) is 7.06. The number of benzene rings is 1. The Balaban J connectivity index is 1.81. The van der Waals surface area contributed by atoms with Gasteiger partial charge >= 0.3 is 5.97 Å². The van der Waals surface area contributed by atoms with Gasteiger partial charge in [0.15, 0.2) is 29.8 Å². The molecule has 0 amide bonds. The Morgan fingerprint density at radius 1 is 1.22 bits per heavy atom. The van der Waals surface area contributed by atoms with E-state index in [-0.39, 0.29) is 11.6 Å². The largest absolute Gasteiger partial charge is 0.448 e. The van der Waals surface area contributed by atoms with E-state index < -0.39 is 12.1 Å². The standard InChI is InChI=1S/C16H15N3O4/c1-9-4-6-12(7-5-9)14-13(17-8-21-14)16(20)22-10(2)15-18-11(3)19-23-15/h4-8,10H,1-3H3/t10-/m1/s1. The van der Waals surface area contributed by atoms with Crippen molar-refractivity contribution < 1.29 is 18.5 Å². The van der Waals surface area contributed by atoms with E-state index in [4.69, 9.17) is 13.7 Å². The van der Waals surface area contributed by atoms with E-state index >= 15 is 0 Å². The third-order valence-electron chi connectivity index (χ3n) is 3.25. The number of aryl methyl sites for hydroxylation is 2. The van der Waals surface area contributed by atoms with E-state index in [1.165, 1.54) is 6.39 Å². The van der Waals surface area contributed by atoms with Gasteiger partial charge in [-0.15, -0.1) is 0 Å². The maximum absolute atomic E-state index is 12.3. The SMILES string of the molecule is Cc1ccc(-c2ocnc2C(=O)O[C@H](C)c2nc(C)no2)cc1. The molecule has 1 atom stereocenters. The van der Waals surface area contributed by atoms with E-state index in [2.05, 4.69) is 15.1 Å². The molecule has 0 saturated carbocycles. The molecule has 0 fully saturated rings. The van der Waals surface area contributed by atoms with Crippen molar-refractivity contribution in [1.29, 1.82) is 0 Å². The lowest BCUT2D eigenvalue weighted by atomic mass is 10.1. The Bertz CT molecular complexity index is 820. The van der Waals surface area contributed by atoms with Crippen LogP contribution in [0.4, 0.5) is 0 Å². The maximum atomic E-state index is 12.3. The van der Waals surface area contributed by atoms with Crippen LogP contribution in [0.5, 0.6) is 0 Å². The molecule has 118 valence electrons. The molecular formula is C16H15N3O4. The summed E-state index contributed by atoms with van der Waals surface area (Å²) in [5, 5.41) is 3.67. The molecule has 7 heteroatoms. The van der Waals surface area contributed by atoms with Gasteiger partial charge in [-0.2, -0.15) is 4.98 Å². The maximum Gasteiger partial charge on any atom is 0.361 e. The van der Waals surface area contributed by atoms with Crippen molar-refractivity contribution in [3.8, 4) is 11.3 Å². The molecule has 2 aromatic heterocycles. The van der Waals surface area contributed by atoms with Crippen molar-refractivity contribution >= 4 is 5.97 Å². The zero-order valence-corrected chi connectivity index (χ0v) is 12.9. The summed E-state index contributed by atoms with van der Waals surface area (Å²) < 4.78 is 15.7. The first kappa shape index (κ1) is 15.0. The van der Waals surface area contributed by atoms with Crippen molar-refractivity contribution in [1.82, 2.24) is 15.1 Å². The highest BCUT2D eigenvalue weighted by Crippen LogP contribution is 2.25. The normalized spacial score (nSPS) is 12.1. The fourth-order valence-corrected chi connectivity index (χ4v) is 2.05. The molecule has 0 aliphatic carbocycles. The average Bonchev–Trinajstić information content (AvgIpc) is 3.17. The minimum Gasteiger partial charge on any atom is -0.448 e. The van der Waals surface area contributed by atoms with Gasteiger partial charge in [-0.1, -0.05) is 35.0 Å². The van der Waals surface area contributed by atoms with Crippen LogP contribution in [0.3, 0.4) is 0 Å². The minimum absolute atomic E-state index is 0.108. The summed E-state index contributed by atoms with van der Waals surface area (Å²) in [4.78, 5) is 20.3. The molecule has 23 heavy (non-hydrogen) atoms. The number of carbonyl (C=O) groups is 1. The fourth-order valence-electron chi connectivity index (χ4n) is 2.05. The Labute approximate surface area is 132 Å². The van der Waals surface area contributed by atoms with Gasteiger partial charge < -0.3 is 13.7 Å². The van der Waals surface area contributed by atoms with Crippen LogP contribution in [0.25, 0.3) is 11.3 Å². The van der Waals surface area contributed by atoms with Gasteiger partial charge in [-0.3, -0.25) is 0 Å². The average molecular weight is 313 g/mol. The Hall–Kier alpha value is -2.96. The molecule has 3 rings (SSSR count). The molecule has 2 heterocycles. The van der Waals surface area contributed by atoms with Crippen LogP contribution in [0, 0.1) is 13.8 Å². The molecule has 0 unspecified atom stereocenters. The lowest BCUT2D eigenvalue weighted by molar-refractivity contribution is 0.0259. The summed E-state index contributed by atoms with van der Waals surface area (Å²) in [6.07, 6.45) is 0.541. The molecule has 0 N–H and O–H groups in total. The Morgan fingerprint density at radius 2 is 1.96 bits per heavy atom. The van der Waals surface area contributed by atoms with Gasteiger partial charge in [0.25, 0.3) is 5.89 Å². The zero-order valence-electron chi connectivity index (χ0n) is 12.9. The third-order valence-corrected chi connectivity index (χ3v) is 3.25. The Kier molecular flexibility index (Phi) is 3.92. The van der Waals surface area contributed by atoms with Crippen molar-refractivity contribution in [3.05, 3.63) is 53.6 Å². The van der Waals surface area contributed by atoms with Crippen LogP contribution in [0.2, 0.25) is 0 Å². The molecule has 0 aliphatic heterocycles. The zero-order chi connectivity index (χ0) is 16.4. The summed E-state index contributed by atoms with van der Waals surface area (Å²) in [7, 11) is 0. The number of esters is 1. The number of hydrogen-bond acceptors (Lipinski definition) is 7. The second kappa shape index (κ2) is 6.04. The van der Waals surface area contributed by atoms with E-state index in [1.54, 1.807) is 13.8 Å². The van der Waals surface area contributed by atoms with Crippen LogP contribution in [0.15, 0.2) is 39.6 Å². The van der Waals surface area contributed by atoms with Gasteiger partial charge in [0, 0.05) is 5.56 Å². The molecule has 0 saturated heterocycles. The molecule has 0 spiro atoms. The van der Waals surface area contributed by atoms with Crippen molar-refractivity contribution in [2.75, 3.05) is 0 Å². The van der Waals surface area contributed by atoms with Crippen LogP contribution in [0.1, 0.15) is 40.8 Å². The molecule has 0 radical (unpaired) electrons. The number of hydrogen-bond donors (Lipinski definition) is 0. The second-order valence-electron chi connectivity index (χ2n) is 5.12. The van der Waals surface area contributed by atoms with Crippen molar-refractivity contribution in [3.63, 3.8) is 0 Å². The first-order chi connectivity index (χ1) is 11.0. The van der Waals surface area contributed by atoms with Gasteiger partial charge in [-0.05, 0) is 20.8 Å². The predicted molar refractivity (Wildman–Crippen MR) is 79.5 cm³/mol. The molecule has 3 aromatic rings. The monoisotopic (exact) mass is 313 g/mol. The Morgan fingerprint density at radius 3 is 2.61 bits per heavy atom. The van der Waals surface area contributed by atoms with Crippen molar-refractivity contribution in [2.24, 2.45) is 0 Å². The first-order valence-corrected chi connectivity index (χ1v) is 7.06. The highest BCUT2D eigenvalue weighted by molar-refractivity contribution is 5.93. The van der Waals surface area contributed by atoms with Crippen molar-refractivity contribution in [2.45, 2.75) is 26.9 Å². The molecule has 0 aliphatic rings. The number of carbonyl (C=O) groups excluding carboxylic acids is 1. The fraction of sp³-hybridized carbons (Fsp3) is 0.250. The summed E-state index contributed by atoms with van der Waals surface area (Å²) in [6.45, 7) is 5.32. The third kappa shape index (κ3) is 3.13. The molecule has 7 nitrogen and oxygen atoms in total. The highest BCUT2D eigenvalue weighted by atomic mass is 16.6. The minimum atomic E-state index is -0.675. The quantitative estimate of drug-likeness (QED) is 0.683. The second-order valence-corrected chi connectivity index (χ2v) is 5.12. The topological polar surface area (TPSA) is 91.2 Å². The van der Waals surface area contributed by atoms with Crippen LogP contribution < -0.4 is 0 Å². The van der Waals surface area contributed by atoms with E-state index in [0.29, 0.717) is 11.6 Å². The van der Waals surface area contributed by atoms with Crippen LogP contribution in [-0.2, 0) is 4.74 Å². The van der Waals surface area contributed by atoms with Gasteiger partial charge in [0.05, 0.1) is 0 Å². The van der Waals surface area contributed by atoms with Gasteiger partial charge in [0.2, 0.25) is 0 Å². The highest BCUT2D eigenvalue weighted by Gasteiger charge is 2.24. The predicted octanol–water partition coefficient (Wildman–Crippen LogP) is 3.26. The summed E-state index contributed by atoms with van der Waals surface area (Å²) >= 11 is 0. The summed E-state index contributed by atoms with van der Waals surface area (Å²) in [5.41, 5.74) is 1.97. The summed E-state index contributed by atoms with van der Waals surface area (Å²) in [5.74, 6) is 0.461. The summed E-state index contributed by atoms with van der Waals surface area (Å²) in [6, 6.07) is 7.57. The van der Waals surface area contributed by atoms with E-state index in [1.807, 2.05) is 31.2 Å². The number of rotatable bonds is 4. The van der Waals surface area contributed by atoms with Gasteiger partial charge in [0.1, 0.15) is 0 Å². The lowest BCUT2D eigenvalue weighted by Gasteiger charge is -2.08. The molecular weight excluding hydrogens is 298 g/mol. The number of nitrogens with zero attached hydrogens (tertiary/aromatic N) is 3. The van der Waals surface area contributed by atoms with E-state index in [0.717, 1.165) is 11.1 Å².